The molecule has 3 aromatic heterocycles. The van der Waals surface area contributed by atoms with Gasteiger partial charge in [-0.2, -0.15) is 0 Å². The molecule has 7 rings (SSSR count). The summed E-state index contributed by atoms with van der Waals surface area (Å²) in [5, 5.41) is 8.84. The molecule has 4 heterocycles. The second kappa shape index (κ2) is 15.4. The van der Waals surface area contributed by atoms with Crippen molar-refractivity contribution in [2.45, 2.75) is 33.8 Å². The lowest BCUT2D eigenvalue weighted by atomic mass is 9.92. The van der Waals surface area contributed by atoms with Crippen molar-refractivity contribution in [3.05, 3.63) is 112 Å². The lowest BCUT2D eigenvalue weighted by molar-refractivity contribution is -0.142. The minimum absolute atomic E-state index is 0.0397. The van der Waals surface area contributed by atoms with Gasteiger partial charge in [-0.25, -0.2) is 9.78 Å². The van der Waals surface area contributed by atoms with Crippen LogP contribution >= 0.6 is 11.3 Å². The topological polar surface area (TPSA) is 149 Å². The number of aromatic amines is 1. The predicted molar refractivity (Wildman–Crippen MR) is 208 cm³/mol. The zero-order valence-corrected chi connectivity index (χ0v) is 31.0. The SMILES string of the molecule is CCOC(=O)Cc1cccc(-c2c(NC(=O)c3cc4c(cc3-c3ccc(C(=O)NCC(C)C)nc3C(=O)OC)OCc3ccsc3-4)ccc3[nH]ccc23)c1. The summed E-state index contributed by atoms with van der Waals surface area (Å²) in [5.41, 5.74) is 6.28. The molecule has 0 spiro atoms. The van der Waals surface area contributed by atoms with E-state index in [0.29, 0.717) is 35.7 Å². The second-order valence-corrected chi connectivity index (χ2v) is 14.1. The van der Waals surface area contributed by atoms with Gasteiger partial charge >= 0.3 is 11.9 Å². The summed E-state index contributed by atoms with van der Waals surface area (Å²) in [4.78, 5) is 62.1. The van der Waals surface area contributed by atoms with E-state index in [1.54, 1.807) is 36.5 Å². The van der Waals surface area contributed by atoms with Crippen LogP contribution in [0, 0.1) is 5.92 Å². The van der Waals surface area contributed by atoms with E-state index < -0.39 is 17.8 Å². The van der Waals surface area contributed by atoms with Crippen LogP contribution in [0.5, 0.6) is 5.75 Å². The van der Waals surface area contributed by atoms with E-state index in [2.05, 4.69) is 20.6 Å². The highest BCUT2D eigenvalue weighted by atomic mass is 32.1. The number of ether oxygens (including phenoxy) is 3. The maximum atomic E-state index is 14.7. The van der Waals surface area contributed by atoms with E-state index in [9.17, 15) is 19.2 Å². The Labute approximate surface area is 315 Å². The number of thiophene rings is 1. The molecular weight excluding hydrogens is 705 g/mol. The summed E-state index contributed by atoms with van der Waals surface area (Å²) in [6.07, 6.45) is 1.93. The largest absolute Gasteiger partial charge is 0.488 e. The molecule has 0 bridgehead atoms. The molecule has 11 nitrogen and oxygen atoms in total. The molecule has 0 saturated heterocycles. The molecule has 6 aromatic rings. The van der Waals surface area contributed by atoms with Crippen LogP contribution in [0.4, 0.5) is 5.69 Å². The molecule has 0 unspecified atom stereocenters. The molecule has 2 amide bonds. The van der Waals surface area contributed by atoms with Gasteiger partial charge in [0.1, 0.15) is 18.1 Å². The van der Waals surface area contributed by atoms with E-state index in [4.69, 9.17) is 14.2 Å². The number of rotatable bonds is 11. The lowest BCUT2D eigenvalue weighted by Crippen LogP contribution is -2.28. The zero-order valence-electron chi connectivity index (χ0n) is 30.2. The van der Waals surface area contributed by atoms with Crippen LogP contribution in [0.1, 0.15) is 63.2 Å². The van der Waals surface area contributed by atoms with Crippen molar-refractivity contribution in [2.24, 2.45) is 5.92 Å². The Morgan fingerprint density at radius 3 is 2.61 bits per heavy atom. The number of anilines is 1. The average molecular weight is 743 g/mol. The number of nitrogens with one attached hydrogen (secondary N) is 3. The molecule has 1 aliphatic heterocycles. The van der Waals surface area contributed by atoms with Crippen LogP contribution < -0.4 is 15.4 Å². The van der Waals surface area contributed by atoms with Gasteiger partial charge in [-0.3, -0.25) is 14.4 Å². The van der Waals surface area contributed by atoms with Gasteiger partial charge in [0.2, 0.25) is 0 Å². The molecule has 0 aliphatic carbocycles. The molecule has 0 fully saturated rings. The van der Waals surface area contributed by atoms with E-state index in [1.165, 1.54) is 13.2 Å². The first kappa shape index (κ1) is 36.1. The number of hydrogen-bond acceptors (Lipinski definition) is 9. The average Bonchev–Trinajstić information content (AvgIpc) is 3.86. The number of benzene rings is 3. The Bertz CT molecular complexity index is 2430. The van der Waals surface area contributed by atoms with Crippen molar-refractivity contribution in [1.82, 2.24) is 15.3 Å². The molecule has 3 aromatic carbocycles. The summed E-state index contributed by atoms with van der Waals surface area (Å²) < 4.78 is 16.5. The summed E-state index contributed by atoms with van der Waals surface area (Å²) in [5.74, 6) is -1.23. The highest BCUT2D eigenvalue weighted by Gasteiger charge is 2.28. The fourth-order valence-corrected chi connectivity index (χ4v) is 7.46. The van der Waals surface area contributed by atoms with Crippen LogP contribution in [-0.4, -0.2) is 54.0 Å². The van der Waals surface area contributed by atoms with Crippen molar-refractivity contribution in [3.63, 3.8) is 0 Å². The van der Waals surface area contributed by atoms with Crippen molar-refractivity contribution in [2.75, 3.05) is 25.6 Å². The predicted octanol–water partition coefficient (Wildman–Crippen LogP) is 8.05. The van der Waals surface area contributed by atoms with Crippen LogP contribution in [0.3, 0.4) is 0 Å². The van der Waals surface area contributed by atoms with Gasteiger partial charge < -0.3 is 29.8 Å². The van der Waals surface area contributed by atoms with E-state index in [1.807, 2.05) is 74.0 Å². The first-order valence-corrected chi connectivity index (χ1v) is 18.4. The normalized spacial score (nSPS) is 11.7. The number of nitrogens with zero attached hydrogens (tertiary/aromatic N) is 1. The number of pyridine rings is 1. The van der Waals surface area contributed by atoms with Crippen LogP contribution in [0.2, 0.25) is 0 Å². The zero-order chi connectivity index (χ0) is 37.9. The summed E-state index contributed by atoms with van der Waals surface area (Å²) in [6.45, 7) is 6.79. The first-order chi connectivity index (χ1) is 26.1. The van der Waals surface area contributed by atoms with Crippen molar-refractivity contribution < 1.29 is 33.4 Å². The Hall–Kier alpha value is -6.27. The molecule has 12 heteroatoms. The molecule has 0 atom stereocenters. The molecule has 3 N–H and O–H groups in total. The molecule has 1 aliphatic rings. The standard InChI is InChI=1S/C42H38N4O7S/c1-5-52-36(47)18-24-7-6-8-25(17-24)37-28-13-15-43-32(28)11-12-33(37)46-40(48)30-19-31-35(53-22-26-14-16-54-39(26)31)20-29(30)27-9-10-34(41(49)44-21-23(2)3)45-38(27)42(50)51-4/h6-17,19-20,23,43H,5,18,21-22H2,1-4H3,(H,44,49)(H,46,48). The van der Waals surface area contributed by atoms with Crippen molar-refractivity contribution in [1.29, 1.82) is 0 Å². The Morgan fingerprint density at radius 1 is 0.963 bits per heavy atom. The fraction of sp³-hybridized carbons (Fsp3) is 0.214. The number of amides is 2. The Morgan fingerprint density at radius 2 is 1.81 bits per heavy atom. The first-order valence-electron chi connectivity index (χ1n) is 17.6. The smallest absolute Gasteiger partial charge is 0.357 e. The maximum Gasteiger partial charge on any atom is 0.357 e. The number of H-pyrrole nitrogens is 1. The van der Waals surface area contributed by atoms with Gasteiger partial charge in [0.05, 0.1) is 20.1 Å². The summed E-state index contributed by atoms with van der Waals surface area (Å²) in [6, 6.07) is 21.9. The van der Waals surface area contributed by atoms with E-state index in [0.717, 1.165) is 43.6 Å². The van der Waals surface area contributed by atoms with Gasteiger partial charge in [-0.1, -0.05) is 38.1 Å². The third-order valence-corrected chi connectivity index (χ3v) is 10.0. The third kappa shape index (κ3) is 7.20. The quantitative estimate of drug-likeness (QED) is 0.113. The second-order valence-electron chi connectivity index (χ2n) is 13.2. The Kier molecular flexibility index (Phi) is 10.3. The maximum absolute atomic E-state index is 14.7. The van der Waals surface area contributed by atoms with Gasteiger partial charge in [0.25, 0.3) is 11.8 Å². The highest BCUT2D eigenvalue weighted by Crippen LogP contribution is 2.45. The molecule has 54 heavy (non-hydrogen) atoms. The van der Waals surface area contributed by atoms with Crippen LogP contribution in [0.25, 0.3) is 43.6 Å². The van der Waals surface area contributed by atoms with Gasteiger partial charge in [0, 0.05) is 67.6 Å². The number of fused-ring (bicyclic) bond motifs is 4. The van der Waals surface area contributed by atoms with E-state index in [-0.39, 0.29) is 41.9 Å². The van der Waals surface area contributed by atoms with E-state index >= 15 is 0 Å². The number of methoxy groups -OCH3 is 1. The lowest BCUT2D eigenvalue weighted by Gasteiger charge is -2.22. The third-order valence-electron chi connectivity index (χ3n) is 9.06. The molecule has 0 radical (unpaired) electrons. The molecule has 274 valence electrons. The van der Waals surface area contributed by atoms with Gasteiger partial charge in [-0.15, -0.1) is 11.3 Å². The molecular formula is C42H38N4O7S. The minimum atomic E-state index is -0.767. The fourth-order valence-electron chi connectivity index (χ4n) is 6.52. The van der Waals surface area contributed by atoms with Crippen LogP contribution in [-0.2, 0) is 27.3 Å². The number of hydrogen-bond donors (Lipinski definition) is 3. The summed E-state index contributed by atoms with van der Waals surface area (Å²) in [7, 11) is 1.24. The number of carbonyl (C=O) groups is 4. The van der Waals surface area contributed by atoms with Crippen LogP contribution in [0.15, 0.2) is 84.4 Å². The van der Waals surface area contributed by atoms with Gasteiger partial charge in [-0.05, 0) is 77.9 Å². The summed E-state index contributed by atoms with van der Waals surface area (Å²) >= 11 is 1.55. The van der Waals surface area contributed by atoms with Crippen molar-refractivity contribution >= 4 is 51.7 Å². The minimum Gasteiger partial charge on any atom is -0.488 e. The number of esters is 2. The van der Waals surface area contributed by atoms with Crippen molar-refractivity contribution in [3.8, 4) is 38.4 Å². The highest BCUT2D eigenvalue weighted by molar-refractivity contribution is 7.13. The Balaban J connectivity index is 1.35. The number of aromatic nitrogens is 2. The number of carbonyl (C=O) groups excluding carboxylic acids is 4. The van der Waals surface area contributed by atoms with Gasteiger partial charge in [0.15, 0.2) is 5.69 Å². The molecule has 0 saturated carbocycles. The monoisotopic (exact) mass is 742 g/mol.